The van der Waals surface area contributed by atoms with Crippen molar-refractivity contribution < 1.29 is 22.9 Å². The second-order valence-corrected chi connectivity index (χ2v) is 6.03. The van der Waals surface area contributed by atoms with Gasteiger partial charge in [-0.3, -0.25) is 4.55 Å². The van der Waals surface area contributed by atoms with E-state index in [0.29, 0.717) is 18.4 Å². The van der Waals surface area contributed by atoms with Crippen LogP contribution in [0.15, 0.2) is 12.2 Å². The van der Waals surface area contributed by atoms with Crippen LogP contribution >= 0.6 is 0 Å². The molecule has 0 saturated carbocycles. The lowest BCUT2D eigenvalue weighted by Crippen LogP contribution is -2.14. The Bertz CT molecular complexity index is 362. The Morgan fingerprint density at radius 1 is 1.26 bits per heavy atom. The highest BCUT2D eigenvalue weighted by Crippen LogP contribution is 1.99. The van der Waals surface area contributed by atoms with Crippen molar-refractivity contribution >= 4 is 16.1 Å². The van der Waals surface area contributed by atoms with Crippen molar-refractivity contribution in [2.24, 2.45) is 0 Å². The maximum absolute atomic E-state index is 10.2. The van der Waals surface area contributed by atoms with Gasteiger partial charge in [0, 0.05) is 5.57 Å². The van der Waals surface area contributed by atoms with Crippen molar-refractivity contribution in [2.45, 2.75) is 32.6 Å². The van der Waals surface area contributed by atoms with E-state index in [1.807, 2.05) is 25.9 Å². The van der Waals surface area contributed by atoms with Gasteiger partial charge in [0.2, 0.25) is 0 Å². The van der Waals surface area contributed by atoms with Gasteiger partial charge in [-0.1, -0.05) is 19.9 Å². The molecule has 0 aromatic heterocycles. The summed E-state index contributed by atoms with van der Waals surface area (Å²) in [6.07, 6.45) is 2.77. The fourth-order valence-corrected chi connectivity index (χ4v) is 1.69. The standard InChI is InChI=1S/C6H15NO3S.C6H10O2/c1-7(2)5-3-4-6-11(8,9)10;1-3-4-5(2)6(7)8/h3-6H2,1-2H3,(H,8,9,10);2-4H2,1H3,(H,7,8). The van der Waals surface area contributed by atoms with E-state index in [9.17, 15) is 13.2 Å². The third kappa shape index (κ3) is 19.6. The molecular formula is C12H25NO5S. The topological polar surface area (TPSA) is 94.9 Å². The third-order valence-electron chi connectivity index (χ3n) is 2.11. The van der Waals surface area contributed by atoms with Gasteiger partial charge in [0.25, 0.3) is 10.1 Å². The van der Waals surface area contributed by atoms with Crippen LogP contribution in [0.1, 0.15) is 32.6 Å². The van der Waals surface area contributed by atoms with Gasteiger partial charge in [-0.2, -0.15) is 8.42 Å². The number of rotatable bonds is 8. The summed E-state index contributed by atoms with van der Waals surface area (Å²) in [5.41, 5.74) is 0.299. The number of carboxylic acids is 1. The zero-order valence-corrected chi connectivity index (χ0v) is 12.7. The maximum Gasteiger partial charge on any atom is 0.330 e. The molecule has 0 amide bonds. The van der Waals surface area contributed by atoms with Crippen molar-refractivity contribution in [1.82, 2.24) is 4.90 Å². The molecule has 0 unspecified atom stereocenters. The Kier molecular flexibility index (Phi) is 11.8. The van der Waals surface area contributed by atoms with Crippen molar-refractivity contribution in [2.75, 3.05) is 26.4 Å². The lowest BCUT2D eigenvalue weighted by molar-refractivity contribution is -0.132. The number of hydrogen-bond donors (Lipinski definition) is 2. The van der Waals surface area contributed by atoms with Gasteiger partial charge in [-0.05, 0) is 39.9 Å². The third-order valence-corrected chi connectivity index (χ3v) is 2.92. The van der Waals surface area contributed by atoms with Crippen LogP contribution in [0.25, 0.3) is 0 Å². The summed E-state index contributed by atoms with van der Waals surface area (Å²) in [4.78, 5) is 12.0. The van der Waals surface area contributed by atoms with Crippen LogP contribution < -0.4 is 0 Å². The average molecular weight is 295 g/mol. The first-order valence-electron chi connectivity index (χ1n) is 6.11. The van der Waals surface area contributed by atoms with Crippen LogP contribution in [-0.4, -0.2) is 55.3 Å². The molecule has 0 aromatic rings. The molecule has 0 radical (unpaired) electrons. The fraction of sp³-hybridized carbons (Fsp3) is 0.750. The highest BCUT2D eigenvalue weighted by molar-refractivity contribution is 7.85. The summed E-state index contributed by atoms with van der Waals surface area (Å²) >= 11 is 0. The number of carbonyl (C=O) groups is 1. The van der Waals surface area contributed by atoms with E-state index < -0.39 is 16.1 Å². The molecule has 6 nitrogen and oxygen atoms in total. The average Bonchev–Trinajstić information content (AvgIpc) is 2.24. The molecule has 0 fully saturated rings. The summed E-state index contributed by atoms with van der Waals surface area (Å²) in [5.74, 6) is -1.01. The van der Waals surface area contributed by atoms with Gasteiger partial charge in [0.05, 0.1) is 5.75 Å². The van der Waals surface area contributed by atoms with Gasteiger partial charge < -0.3 is 10.0 Å². The molecule has 0 saturated heterocycles. The number of aliphatic carboxylic acids is 1. The minimum absolute atomic E-state index is 0.124. The molecule has 7 heteroatoms. The van der Waals surface area contributed by atoms with E-state index in [0.717, 1.165) is 19.4 Å². The molecule has 0 atom stereocenters. The summed E-state index contributed by atoms with van der Waals surface area (Å²) in [5, 5.41) is 8.21. The number of hydrogen-bond acceptors (Lipinski definition) is 4. The Morgan fingerprint density at radius 2 is 1.79 bits per heavy atom. The zero-order chi connectivity index (χ0) is 15.5. The number of carboxylic acid groups (broad SMARTS) is 1. The molecular weight excluding hydrogens is 270 g/mol. The summed E-state index contributed by atoms with van der Waals surface area (Å²) in [6, 6.07) is 0. The van der Waals surface area contributed by atoms with Crippen LogP contribution in [0, 0.1) is 0 Å². The molecule has 0 bridgehead atoms. The van der Waals surface area contributed by atoms with Crippen LogP contribution in [0.5, 0.6) is 0 Å². The lowest BCUT2D eigenvalue weighted by atomic mass is 10.2. The van der Waals surface area contributed by atoms with E-state index in [-0.39, 0.29) is 5.75 Å². The minimum atomic E-state index is -3.74. The predicted octanol–water partition coefficient (Wildman–Crippen LogP) is 1.64. The predicted molar refractivity (Wildman–Crippen MR) is 75.9 cm³/mol. The van der Waals surface area contributed by atoms with Crippen LogP contribution in [0.4, 0.5) is 0 Å². The van der Waals surface area contributed by atoms with Crippen LogP contribution in [0.3, 0.4) is 0 Å². The van der Waals surface area contributed by atoms with Crippen molar-refractivity contribution in [3.05, 3.63) is 12.2 Å². The smallest absolute Gasteiger partial charge is 0.330 e. The first-order chi connectivity index (χ1) is 8.60. The second kappa shape index (κ2) is 11.0. The fourth-order valence-electron chi connectivity index (χ4n) is 1.12. The molecule has 19 heavy (non-hydrogen) atoms. The number of unbranched alkanes of at least 4 members (excludes halogenated alkanes) is 1. The van der Waals surface area contributed by atoms with Gasteiger partial charge in [-0.15, -0.1) is 0 Å². The van der Waals surface area contributed by atoms with E-state index >= 15 is 0 Å². The van der Waals surface area contributed by atoms with Gasteiger partial charge in [-0.25, -0.2) is 4.79 Å². The Morgan fingerprint density at radius 3 is 2.05 bits per heavy atom. The Balaban J connectivity index is 0. The highest BCUT2D eigenvalue weighted by Gasteiger charge is 2.02. The van der Waals surface area contributed by atoms with Crippen LogP contribution in [-0.2, 0) is 14.9 Å². The monoisotopic (exact) mass is 295 g/mol. The van der Waals surface area contributed by atoms with Gasteiger partial charge in [0.1, 0.15) is 0 Å². The molecule has 2 N–H and O–H groups in total. The molecule has 0 aliphatic rings. The van der Waals surface area contributed by atoms with E-state index in [1.165, 1.54) is 0 Å². The lowest BCUT2D eigenvalue weighted by Gasteiger charge is -2.07. The van der Waals surface area contributed by atoms with Crippen LogP contribution in [0.2, 0.25) is 0 Å². The minimum Gasteiger partial charge on any atom is -0.478 e. The van der Waals surface area contributed by atoms with Crippen molar-refractivity contribution in [3.63, 3.8) is 0 Å². The maximum atomic E-state index is 10.2. The molecule has 0 heterocycles. The first-order valence-corrected chi connectivity index (χ1v) is 7.72. The molecule has 0 aliphatic heterocycles. The second-order valence-electron chi connectivity index (χ2n) is 4.46. The molecule has 0 aromatic carbocycles. The Hall–Kier alpha value is -0.920. The molecule has 0 spiro atoms. The normalized spacial score (nSPS) is 10.8. The molecule has 114 valence electrons. The highest BCUT2D eigenvalue weighted by atomic mass is 32.2. The number of nitrogens with zero attached hydrogens (tertiary/aromatic N) is 1. The first kappa shape index (κ1) is 20.4. The largest absolute Gasteiger partial charge is 0.478 e. The molecule has 0 aliphatic carbocycles. The molecule has 0 rings (SSSR count). The van der Waals surface area contributed by atoms with Gasteiger partial charge in [0.15, 0.2) is 0 Å². The summed E-state index contributed by atoms with van der Waals surface area (Å²) in [6.45, 7) is 6.13. The van der Waals surface area contributed by atoms with E-state index in [2.05, 4.69) is 6.58 Å². The Labute approximate surface area is 115 Å². The summed E-state index contributed by atoms with van der Waals surface area (Å²) < 4.78 is 28.8. The van der Waals surface area contributed by atoms with Gasteiger partial charge >= 0.3 is 5.97 Å². The zero-order valence-electron chi connectivity index (χ0n) is 11.9. The van der Waals surface area contributed by atoms with E-state index in [4.69, 9.17) is 9.66 Å². The van der Waals surface area contributed by atoms with E-state index in [1.54, 1.807) is 0 Å². The van der Waals surface area contributed by atoms with Crippen molar-refractivity contribution in [1.29, 1.82) is 0 Å². The SMILES string of the molecule is C=C(CCC)C(=O)O.CN(C)CCCCS(=O)(=O)O. The van der Waals surface area contributed by atoms with Crippen molar-refractivity contribution in [3.8, 4) is 0 Å². The summed E-state index contributed by atoms with van der Waals surface area (Å²) in [7, 11) is 0.108. The quantitative estimate of drug-likeness (QED) is 0.401.